The normalized spacial score (nSPS) is 11.1. The number of hydrogen-bond acceptors (Lipinski definition) is 5. The third-order valence-corrected chi connectivity index (χ3v) is 3.52. The van der Waals surface area contributed by atoms with Crippen LogP contribution in [0.4, 0.5) is 0 Å². The van der Waals surface area contributed by atoms with E-state index in [4.69, 9.17) is 4.42 Å². The number of carbonyl (C=O) groups is 1. The molecule has 106 valence electrons. The summed E-state index contributed by atoms with van der Waals surface area (Å²) in [7, 11) is 0. The van der Waals surface area contributed by atoms with Crippen LogP contribution in [-0.2, 0) is 0 Å². The average Bonchev–Trinajstić information content (AvgIpc) is 3.19. The van der Waals surface area contributed by atoms with Gasteiger partial charge in [-0.2, -0.15) is 10.2 Å². The lowest BCUT2D eigenvalue weighted by molar-refractivity contribution is 0.0950. The molecule has 7 heteroatoms. The molecular formula is C14H12N4O2S. The first-order valence-electron chi connectivity index (χ1n) is 6.21. The fourth-order valence-electron chi connectivity index (χ4n) is 1.72. The van der Waals surface area contributed by atoms with E-state index in [0.29, 0.717) is 11.5 Å². The van der Waals surface area contributed by atoms with E-state index < -0.39 is 0 Å². The Morgan fingerprint density at radius 3 is 3.10 bits per heavy atom. The first-order valence-corrected chi connectivity index (χ1v) is 7.09. The maximum Gasteiger partial charge on any atom is 0.291 e. The monoisotopic (exact) mass is 300 g/mol. The number of aryl methyl sites for hydroxylation is 1. The summed E-state index contributed by atoms with van der Waals surface area (Å²) in [5, 5.41) is 12.5. The Balaban J connectivity index is 1.67. The van der Waals surface area contributed by atoms with Crippen LogP contribution < -0.4 is 5.43 Å². The zero-order valence-corrected chi connectivity index (χ0v) is 12.0. The van der Waals surface area contributed by atoms with Crippen molar-refractivity contribution < 1.29 is 9.21 Å². The number of furan rings is 1. The summed E-state index contributed by atoms with van der Waals surface area (Å²) in [5.41, 5.74) is 3.33. The molecule has 0 aliphatic rings. The van der Waals surface area contributed by atoms with Crippen molar-refractivity contribution in [2.45, 2.75) is 6.92 Å². The standard InChI is InChI=1S/C14H12N4O2S/c1-9-4-5-13(20-9)11-7-12(17-16-11)14(19)18-15-8-10-3-2-6-21-10/h2-8H,1H3,(H,16,17)(H,18,19)/b15-8-. The van der Waals surface area contributed by atoms with Gasteiger partial charge in [-0.3, -0.25) is 9.89 Å². The van der Waals surface area contributed by atoms with Gasteiger partial charge < -0.3 is 4.42 Å². The van der Waals surface area contributed by atoms with E-state index in [2.05, 4.69) is 20.7 Å². The van der Waals surface area contributed by atoms with E-state index in [1.165, 1.54) is 11.3 Å². The predicted molar refractivity (Wildman–Crippen MR) is 80.4 cm³/mol. The molecule has 6 nitrogen and oxygen atoms in total. The molecular weight excluding hydrogens is 288 g/mol. The molecule has 0 spiro atoms. The fraction of sp³-hybridized carbons (Fsp3) is 0.0714. The van der Waals surface area contributed by atoms with Crippen molar-refractivity contribution in [1.29, 1.82) is 0 Å². The van der Waals surface area contributed by atoms with Crippen LogP contribution in [-0.4, -0.2) is 22.3 Å². The zero-order valence-electron chi connectivity index (χ0n) is 11.2. The van der Waals surface area contributed by atoms with Gasteiger partial charge in [-0.15, -0.1) is 11.3 Å². The van der Waals surface area contributed by atoms with Gasteiger partial charge in [0, 0.05) is 10.9 Å². The summed E-state index contributed by atoms with van der Waals surface area (Å²) < 4.78 is 5.46. The molecule has 0 bridgehead atoms. The van der Waals surface area contributed by atoms with Crippen LogP contribution >= 0.6 is 11.3 Å². The van der Waals surface area contributed by atoms with E-state index >= 15 is 0 Å². The fourth-order valence-corrected chi connectivity index (χ4v) is 2.31. The molecule has 3 aromatic rings. The highest BCUT2D eigenvalue weighted by molar-refractivity contribution is 7.11. The van der Waals surface area contributed by atoms with Crippen molar-refractivity contribution in [2.75, 3.05) is 0 Å². The van der Waals surface area contributed by atoms with Gasteiger partial charge in [0.2, 0.25) is 0 Å². The molecule has 0 saturated carbocycles. The second kappa shape index (κ2) is 5.76. The van der Waals surface area contributed by atoms with Crippen LogP contribution in [0.2, 0.25) is 0 Å². The van der Waals surface area contributed by atoms with E-state index in [1.807, 2.05) is 36.6 Å². The maximum absolute atomic E-state index is 11.9. The van der Waals surface area contributed by atoms with Crippen molar-refractivity contribution in [2.24, 2.45) is 5.10 Å². The van der Waals surface area contributed by atoms with Crippen LogP contribution in [0.15, 0.2) is 45.2 Å². The number of nitrogens with one attached hydrogen (secondary N) is 2. The molecule has 21 heavy (non-hydrogen) atoms. The van der Waals surface area contributed by atoms with Crippen LogP contribution in [0.5, 0.6) is 0 Å². The van der Waals surface area contributed by atoms with Gasteiger partial charge in [0.05, 0.1) is 6.21 Å². The minimum absolute atomic E-state index is 0.252. The molecule has 0 aliphatic carbocycles. The highest BCUT2D eigenvalue weighted by atomic mass is 32.1. The number of aromatic nitrogens is 2. The largest absolute Gasteiger partial charge is 0.460 e. The van der Waals surface area contributed by atoms with Gasteiger partial charge in [0.1, 0.15) is 11.5 Å². The predicted octanol–water partition coefficient (Wildman–Crippen LogP) is 2.80. The molecule has 3 heterocycles. The number of H-pyrrole nitrogens is 1. The lowest BCUT2D eigenvalue weighted by Gasteiger charge is -1.93. The number of nitrogens with zero attached hydrogens (tertiary/aromatic N) is 2. The molecule has 0 radical (unpaired) electrons. The van der Waals surface area contributed by atoms with Gasteiger partial charge in [-0.1, -0.05) is 6.07 Å². The number of amides is 1. The van der Waals surface area contributed by atoms with E-state index in [9.17, 15) is 4.79 Å². The molecule has 2 N–H and O–H groups in total. The Hall–Kier alpha value is -2.67. The third-order valence-electron chi connectivity index (χ3n) is 2.72. The topological polar surface area (TPSA) is 83.3 Å². The maximum atomic E-state index is 11.9. The average molecular weight is 300 g/mol. The highest BCUT2D eigenvalue weighted by Crippen LogP contribution is 2.20. The van der Waals surface area contributed by atoms with E-state index in [0.717, 1.165) is 10.6 Å². The number of aromatic amines is 1. The molecule has 3 rings (SSSR count). The molecule has 1 amide bonds. The second-order valence-electron chi connectivity index (χ2n) is 4.29. The Morgan fingerprint density at radius 2 is 2.38 bits per heavy atom. The Bertz CT molecular complexity index is 771. The van der Waals surface area contributed by atoms with Crippen molar-refractivity contribution in [3.05, 3.63) is 52.0 Å². The van der Waals surface area contributed by atoms with E-state index in [1.54, 1.807) is 12.3 Å². The molecule has 0 aromatic carbocycles. The van der Waals surface area contributed by atoms with Crippen molar-refractivity contribution in [1.82, 2.24) is 15.6 Å². The summed E-state index contributed by atoms with van der Waals surface area (Å²) in [6.45, 7) is 1.85. The smallest absolute Gasteiger partial charge is 0.291 e. The Labute approximate surface area is 124 Å². The zero-order chi connectivity index (χ0) is 14.7. The number of thiophene rings is 1. The summed E-state index contributed by atoms with van der Waals surface area (Å²) in [4.78, 5) is 12.9. The van der Waals surface area contributed by atoms with Crippen LogP contribution in [0.1, 0.15) is 21.1 Å². The lowest BCUT2D eigenvalue weighted by atomic mass is 10.3. The van der Waals surface area contributed by atoms with Gasteiger partial charge in [0.25, 0.3) is 5.91 Å². The first-order chi connectivity index (χ1) is 10.2. The second-order valence-corrected chi connectivity index (χ2v) is 5.27. The summed E-state index contributed by atoms with van der Waals surface area (Å²) >= 11 is 1.54. The van der Waals surface area contributed by atoms with Crippen molar-refractivity contribution >= 4 is 23.5 Å². The Kier molecular flexibility index (Phi) is 3.65. The van der Waals surface area contributed by atoms with Crippen molar-refractivity contribution in [3.8, 4) is 11.5 Å². The number of rotatable bonds is 4. The number of hydrazone groups is 1. The van der Waals surface area contributed by atoms with Crippen LogP contribution in [0.25, 0.3) is 11.5 Å². The Morgan fingerprint density at radius 1 is 1.48 bits per heavy atom. The molecule has 0 aliphatic heterocycles. The van der Waals surface area contributed by atoms with Crippen LogP contribution in [0, 0.1) is 6.92 Å². The molecule has 0 unspecified atom stereocenters. The van der Waals surface area contributed by atoms with Crippen LogP contribution in [0.3, 0.4) is 0 Å². The minimum Gasteiger partial charge on any atom is -0.460 e. The van der Waals surface area contributed by atoms with Gasteiger partial charge in [-0.25, -0.2) is 5.43 Å². The molecule has 3 aromatic heterocycles. The molecule has 0 saturated heterocycles. The van der Waals surface area contributed by atoms with Gasteiger partial charge in [0.15, 0.2) is 11.5 Å². The summed E-state index contributed by atoms with van der Waals surface area (Å²) in [6, 6.07) is 9.11. The van der Waals surface area contributed by atoms with Gasteiger partial charge in [-0.05, 0) is 30.5 Å². The summed E-state index contributed by atoms with van der Waals surface area (Å²) in [5.74, 6) is 1.06. The number of carbonyl (C=O) groups excluding carboxylic acids is 1. The number of hydrogen-bond donors (Lipinski definition) is 2. The third kappa shape index (κ3) is 3.09. The minimum atomic E-state index is -0.381. The quantitative estimate of drug-likeness (QED) is 0.574. The molecule has 0 fully saturated rings. The van der Waals surface area contributed by atoms with E-state index in [-0.39, 0.29) is 11.6 Å². The molecule has 0 atom stereocenters. The SMILES string of the molecule is Cc1ccc(-c2cc(C(=O)N/N=C\c3cccs3)n[nH]2)o1. The van der Waals surface area contributed by atoms with Gasteiger partial charge >= 0.3 is 0 Å². The van der Waals surface area contributed by atoms with Crippen molar-refractivity contribution in [3.63, 3.8) is 0 Å². The first kappa shape index (κ1) is 13.3. The lowest BCUT2D eigenvalue weighted by Crippen LogP contribution is -2.17. The highest BCUT2D eigenvalue weighted by Gasteiger charge is 2.12. The summed E-state index contributed by atoms with van der Waals surface area (Å²) in [6.07, 6.45) is 1.59.